The first-order valence-corrected chi connectivity index (χ1v) is 8.25. The Morgan fingerprint density at radius 1 is 1.25 bits per heavy atom. The summed E-state index contributed by atoms with van der Waals surface area (Å²) in [5.41, 5.74) is 0.600. The van der Waals surface area contributed by atoms with E-state index in [1.54, 1.807) is 28.6 Å². The molecule has 1 aromatic carbocycles. The summed E-state index contributed by atoms with van der Waals surface area (Å²) in [5, 5.41) is 2.62. The van der Waals surface area contributed by atoms with E-state index in [0.717, 1.165) is 19.3 Å². The van der Waals surface area contributed by atoms with E-state index in [4.69, 9.17) is 0 Å². The fraction of sp³-hybridized carbons (Fsp3) is 0.500. The lowest BCUT2D eigenvalue weighted by Gasteiger charge is -2.32. The molecular formula is C14H20N2O3S. The Kier molecular flexibility index (Phi) is 4.45. The first kappa shape index (κ1) is 15.0. The Morgan fingerprint density at radius 2 is 1.90 bits per heavy atom. The molecule has 0 aromatic heterocycles. The number of nitrogens with zero attached hydrogens (tertiary/aromatic N) is 1. The van der Waals surface area contributed by atoms with Crippen molar-refractivity contribution in [2.45, 2.75) is 44.0 Å². The van der Waals surface area contributed by atoms with Crippen LogP contribution in [0.3, 0.4) is 0 Å². The molecule has 1 N–H and O–H groups in total. The van der Waals surface area contributed by atoms with Gasteiger partial charge in [-0.25, -0.2) is 8.42 Å². The number of nitrogens with one attached hydrogen (secondary N) is 1. The molecule has 0 bridgehead atoms. The molecule has 6 heteroatoms. The van der Waals surface area contributed by atoms with Crippen LogP contribution in [0, 0.1) is 0 Å². The highest BCUT2D eigenvalue weighted by Crippen LogP contribution is 2.25. The molecule has 1 atom stereocenters. The van der Waals surface area contributed by atoms with Crippen molar-refractivity contribution in [3.8, 4) is 0 Å². The monoisotopic (exact) mass is 296 g/mol. The summed E-state index contributed by atoms with van der Waals surface area (Å²) >= 11 is 0. The Bertz CT molecular complexity index is 581. The summed E-state index contributed by atoms with van der Waals surface area (Å²) in [6.07, 6.45) is 2.89. The van der Waals surface area contributed by atoms with E-state index < -0.39 is 10.0 Å². The van der Waals surface area contributed by atoms with E-state index in [2.05, 4.69) is 5.32 Å². The van der Waals surface area contributed by atoms with Gasteiger partial charge in [-0.2, -0.15) is 4.31 Å². The molecule has 20 heavy (non-hydrogen) atoms. The first-order chi connectivity index (χ1) is 9.41. The highest BCUT2D eigenvalue weighted by atomic mass is 32.2. The Morgan fingerprint density at radius 3 is 2.45 bits per heavy atom. The summed E-state index contributed by atoms with van der Waals surface area (Å²) in [6, 6.07) is 6.36. The van der Waals surface area contributed by atoms with Gasteiger partial charge >= 0.3 is 0 Å². The molecule has 0 saturated carbocycles. The zero-order valence-electron chi connectivity index (χ0n) is 11.8. The molecule has 110 valence electrons. The Labute approximate surface area is 120 Å². The van der Waals surface area contributed by atoms with Gasteiger partial charge in [0.15, 0.2) is 0 Å². The van der Waals surface area contributed by atoms with E-state index in [9.17, 15) is 13.2 Å². The molecule has 1 aliphatic rings. The second-order valence-electron chi connectivity index (χ2n) is 5.17. The van der Waals surface area contributed by atoms with Crippen LogP contribution in [0.5, 0.6) is 0 Å². The number of anilines is 1. The van der Waals surface area contributed by atoms with Crippen LogP contribution < -0.4 is 5.32 Å². The largest absolute Gasteiger partial charge is 0.326 e. The summed E-state index contributed by atoms with van der Waals surface area (Å²) in [4.78, 5) is 11.2. The zero-order valence-corrected chi connectivity index (χ0v) is 12.6. The average Bonchev–Trinajstić information content (AvgIpc) is 2.39. The van der Waals surface area contributed by atoms with Gasteiger partial charge in [-0.05, 0) is 44.0 Å². The molecular weight excluding hydrogens is 276 g/mol. The van der Waals surface area contributed by atoms with Crippen LogP contribution in [0.4, 0.5) is 5.69 Å². The maximum absolute atomic E-state index is 12.6. The second-order valence-corrected chi connectivity index (χ2v) is 7.06. The smallest absolute Gasteiger partial charge is 0.243 e. The molecule has 1 fully saturated rings. The lowest BCUT2D eigenvalue weighted by atomic mass is 10.1. The van der Waals surface area contributed by atoms with Gasteiger partial charge in [0.1, 0.15) is 0 Å². The quantitative estimate of drug-likeness (QED) is 0.930. The lowest BCUT2D eigenvalue weighted by Crippen LogP contribution is -2.41. The van der Waals surface area contributed by atoms with Crippen LogP contribution in [0.25, 0.3) is 0 Å². The van der Waals surface area contributed by atoms with Gasteiger partial charge in [0.05, 0.1) is 4.90 Å². The van der Waals surface area contributed by atoms with Gasteiger partial charge in [0.2, 0.25) is 15.9 Å². The van der Waals surface area contributed by atoms with Crippen LogP contribution in [0.15, 0.2) is 29.2 Å². The van der Waals surface area contributed by atoms with Crippen LogP contribution in [-0.4, -0.2) is 31.2 Å². The fourth-order valence-electron chi connectivity index (χ4n) is 2.48. The van der Waals surface area contributed by atoms with Crippen molar-refractivity contribution >= 4 is 21.6 Å². The number of benzene rings is 1. The van der Waals surface area contributed by atoms with Gasteiger partial charge in [-0.3, -0.25) is 4.79 Å². The molecule has 0 spiro atoms. The predicted octanol–water partition coefficient (Wildman–Crippen LogP) is 2.21. The van der Waals surface area contributed by atoms with Gasteiger partial charge < -0.3 is 5.32 Å². The molecule has 5 nitrogen and oxygen atoms in total. The van der Waals surface area contributed by atoms with Crippen molar-refractivity contribution in [3.05, 3.63) is 24.3 Å². The van der Waals surface area contributed by atoms with Crippen LogP contribution in [0.2, 0.25) is 0 Å². The zero-order chi connectivity index (χ0) is 14.8. The third-order valence-electron chi connectivity index (χ3n) is 3.52. The van der Waals surface area contributed by atoms with E-state index in [0.29, 0.717) is 12.2 Å². The topological polar surface area (TPSA) is 66.5 Å². The van der Waals surface area contributed by atoms with Gasteiger partial charge in [-0.1, -0.05) is 6.42 Å². The lowest BCUT2D eigenvalue weighted by molar-refractivity contribution is -0.114. The van der Waals surface area contributed by atoms with E-state index in [1.165, 1.54) is 6.92 Å². The van der Waals surface area contributed by atoms with Crippen LogP contribution in [-0.2, 0) is 14.8 Å². The maximum atomic E-state index is 12.6. The second kappa shape index (κ2) is 5.93. The van der Waals surface area contributed by atoms with Crippen molar-refractivity contribution in [2.24, 2.45) is 0 Å². The standard InChI is InChI=1S/C14H20N2O3S/c1-11-5-3-4-10-16(11)20(18,19)14-8-6-13(7-9-14)15-12(2)17/h6-9,11H,3-5,10H2,1-2H3,(H,15,17). The van der Waals surface area contributed by atoms with Crippen LogP contribution >= 0.6 is 0 Å². The van der Waals surface area contributed by atoms with Crippen molar-refractivity contribution in [2.75, 3.05) is 11.9 Å². The minimum Gasteiger partial charge on any atom is -0.326 e. The minimum absolute atomic E-state index is 0.0452. The van der Waals surface area contributed by atoms with E-state index in [1.807, 2.05) is 6.92 Å². The van der Waals surface area contributed by atoms with Gasteiger partial charge in [0.25, 0.3) is 0 Å². The number of rotatable bonds is 3. The summed E-state index contributed by atoms with van der Waals surface area (Å²) in [5.74, 6) is -0.176. The SMILES string of the molecule is CC(=O)Nc1ccc(S(=O)(=O)N2CCCCC2C)cc1. The first-order valence-electron chi connectivity index (χ1n) is 6.81. The number of carbonyl (C=O) groups excluding carboxylic acids is 1. The molecule has 1 unspecified atom stereocenters. The van der Waals surface area contributed by atoms with Gasteiger partial charge in [-0.15, -0.1) is 0 Å². The van der Waals surface area contributed by atoms with Crippen molar-refractivity contribution in [3.63, 3.8) is 0 Å². The normalized spacial score (nSPS) is 20.6. The summed E-state index contributed by atoms with van der Waals surface area (Å²) in [7, 11) is -3.44. The Hall–Kier alpha value is -1.40. The third-order valence-corrected chi connectivity index (χ3v) is 5.55. The molecule has 0 radical (unpaired) electrons. The maximum Gasteiger partial charge on any atom is 0.243 e. The number of amides is 1. The molecule has 1 amide bonds. The van der Waals surface area contributed by atoms with Crippen LogP contribution in [0.1, 0.15) is 33.1 Å². The van der Waals surface area contributed by atoms with Crippen molar-refractivity contribution in [1.29, 1.82) is 0 Å². The van der Waals surface area contributed by atoms with Gasteiger partial charge in [0, 0.05) is 25.2 Å². The van der Waals surface area contributed by atoms with Crippen molar-refractivity contribution < 1.29 is 13.2 Å². The van der Waals surface area contributed by atoms with E-state index in [-0.39, 0.29) is 16.8 Å². The number of piperidine rings is 1. The highest BCUT2D eigenvalue weighted by Gasteiger charge is 2.30. The third kappa shape index (κ3) is 3.19. The summed E-state index contributed by atoms with van der Waals surface area (Å²) < 4.78 is 26.7. The molecule has 1 heterocycles. The minimum atomic E-state index is -3.44. The molecule has 2 rings (SSSR count). The predicted molar refractivity (Wildman–Crippen MR) is 78.0 cm³/mol. The number of sulfonamides is 1. The Balaban J connectivity index is 2.23. The number of hydrogen-bond acceptors (Lipinski definition) is 3. The molecule has 1 aromatic rings. The van der Waals surface area contributed by atoms with Crippen molar-refractivity contribution in [1.82, 2.24) is 4.31 Å². The number of hydrogen-bond donors (Lipinski definition) is 1. The number of carbonyl (C=O) groups is 1. The average molecular weight is 296 g/mol. The highest BCUT2D eigenvalue weighted by molar-refractivity contribution is 7.89. The van der Waals surface area contributed by atoms with E-state index >= 15 is 0 Å². The molecule has 0 aliphatic carbocycles. The fourth-order valence-corrected chi connectivity index (χ4v) is 4.18. The molecule has 1 aliphatic heterocycles. The summed E-state index contributed by atoms with van der Waals surface area (Å²) in [6.45, 7) is 3.94. The molecule has 1 saturated heterocycles.